The summed E-state index contributed by atoms with van der Waals surface area (Å²) in [5.41, 5.74) is 3.40. The third-order valence-electron chi connectivity index (χ3n) is 4.82. The molecule has 1 aliphatic rings. The fraction of sp³-hybridized carbons (Fsp3) is 0.227. The first-order valence-electron chi connectivity index (χ1n) is 9.75. The summed E-state index contributed by atoms with van der Waals surface area (Å²) in [5.74, 6) is -0.239. The molecular formula is C22H24N2O4S3. The van der Waals surface area contributed by atoms with Gasteiger partial charge in [-0.25, -0.2) is 0 Å². The average molecular weight is 477 g/mol. The van der Waals surface area contributed by atoms with Crippen LogP contribution in [0.3, 0.4) is 0 Å². The normalized spacial score (nSPS) is 15.0. The van der Waals surface area contributed by atoms with Crippen molar-refractivity contribution in [3.8, 4) is 0 Å². The Hall–Kier alpha value is -2.17. The maximum atomic E-state index is 11.1. The molecule has 6 nitrogen and oxygen atoms in total. The molecule has 31 heavy (non-hydrogen) atoms. The van der Waals surface area contributed by atoms with E-state index in [1.165, 1.54) is 10.5 Å². The monoisotopic (exact) mass is 476 g/mol. The van der Waals surface area contributed by atoms with Gasteiger partial charge in [-0.2, -0.15) is 13.0 Å². The van der Waals surface area contributed by atoms with Crippen LogP contribution in [0.5, 0.6) is 0 Å². The zero-order chi connectivity index (χ0) is 21.1. The van der Waals surface area contributed by atoms with Crippen molar-refractivity contribution in [1.82, 2.24) is 0 Å². The van der Waals surface area contributed by atoms with Gasteiger partial charge in [-0.1, -0.05) is 54.3 Å². The largest absolute Gasteiger partial charge is 0.870 e. The number of nitrogens with zero attached hydrogens (tertiary/aromatic N) is 1. The van der Waals surface area contributed by atoms with Crippen molar-refractivity contribution in [3.63, 3.8) is 0 Å². The van der Waals surface area contributed by atoms with Gasteiger partial charge < -0.3 is 10.8 Å². The van der Waals surface area contributed by atoms with Gasteiger partial charge >= 0.3 is 0 Å². The van der Waals surface area contributed by atoms with Crippen LogP contribution in [-0.4, -0.2) is 24.2 Å². The van der Waals surface area contributed by atoms with E-state index < -0.39 is 10.1 Å². The predicted molar refractivity (Wildman–Crippen MR) is 127 cm³/mol. The molecule has 0 amide bonds. The summed E-state index contributed by atoms with van der Waals surface area (Å²) in [5, 5.41) is 5.63. The number of hydrogen-bond donors (Lipinski definition) is 2. The van der Waals surface area contributed by atoms with Gasteiger partial charge in [-0.05, 0) is 36.3 Å². The van der Waals surface area contributed by atoms with Crippen molar-refractivity contribution in [1.29, 1.82) is 0 Å². The Morgan fingerprint density at radius 2 is 1.90 bits per heavy atom. The maximum Gasteiger partial charge on any atom is 0.265 e. The Balaban J connectivity index is 0.00000272. The fourth-order valence-electron chi connectivity index (χ4n) is 3.37. The number of aromatic nitrogens is 1. The lowest BCUT2D eigenvalue weighted by Gasteiger charge is -2.02. The lowest BCUT2D eigenvalue weighted by Crippen LogP contribution is -2.36. The van der Waals surface area contributed by atoms with Crippen LogP contribution in [0.25, 0.3) is 16.3 Å². The Morgan fingerprint density at radius 1 is 1.16 bits per heavy atom. The molecular weight excluding hydrogens is 452 g/mol. The standard InChI is InChI=1S/C22H22N2O3S3.H2O/c1-2-16(14-21-23-17-8-3-5-10-19(17)28-21)15-22-24(12-7-13-30(25,26)27)18-9-4-6-11-20(18)29-22;/h3-6,8-11,14-15H,2,7,12-13H2,1H3,(H,25,26,27);1H2. The first-order chi connectivity index (χ1) is 14.4. The molecule has 0 saturated carbocycles. The first kappa shape index (κ1) is 23.5. The molecule has 0 atom stereocenters. The predicted octanol–water partition coefficient (Wildman–Crippen LogP) is 5.14. The molecule has 0 spiro atoms. The molecule has 2 heterocycles. The van der Waals surface area contributed by atoms with E-state index in [9.17, 15) is 8.42 Å². The number of aryl methyl sites for hydroxylation is 1. The number of anilines is 1. The molecule has 2 aromatic carbocycles. The van der Waals surface area contributed by atoms with E-state index in [4.69, 9.17) is 4.55 Å². The molecule has 0 unspecified atom stereocenters. The second kappa shape index (κ2) is 9.97. The van der Waals surface area contributed by atoms with E-state index in [0.29, 0.717) is 13.0 Å². The molecule has 1 aromatic heterocycles. The number of hydrogen-bond acceptors (Lipinski definition) is 6. The highest BCUT2D eigenvalue weighted by molar-refractivity contribution is 8.03. The molecule has 0 aliphatic carbocycles. The number of thiazole rings is 1. The number of thioether (sulfide) groups is 1. The van der Waals surface area contributed by atoms with Crippen LogP contribution in [0.1, 0.15) is 24.8 Å². The number of fused-ring (bicyclic) bond motifs is 2. The van der Waals surface area contributed by atoms with Gasteiger partial charge in [0.15, 0.2) is 6.54 Å². The lowest BCUT2D eigenvalue weighted by atomic mass is 10.2. The minimum Gasteiger partial charge on any atom is -0.870 e. The highest BCUT2D eigenvalue weighted by atomic mass is 32.2. The van der Waals surface area contributed by atoms with Gasteiger partial charge in [0, 0.05) is 23.5 Å². The number of allylic oxidation sites excluding steroid dienone is 2. The molecule has 9 heteroatoms. The van der Waals surface area contributed by atoms with Crippen molar-refractivity contribution < 1.29 is 23.0 Å². The second-order valence-corrected chi connectivity index (χ2v) is 10.7. The molecule has 0 saturated heterocycles. The van der Waals surface area contributed by atoms with Crippen LogP contribution in [-0.2, 0) is 16.7 Å². The molecule has 4 rings (SSSR count). The van der Waals surface area contributed by atoms with Gasteiger partial charge in [-0.15, -0.1) is 0 Å². The molecule has 164 valence electrons. The van der Waals surface area contributed by atoms with Crippen molar-refractivity contribution in [2.24, 2.45) is 0 Å². The fourth-order valence-corrected chi connectivity index (χ4v) is 6.01. The average Bonchev–Trinajstić information content (AvgIpc) is 3.27. The van der Waals surface area contributed by atoms with E-state index in [1.54, 1.807) is 23.1 Å². The highest BCUT2D eigenvalue weighted by Gasteiger charge is 2.20. The van der Waals surface area contributed by atoms with Crippen LogP contribution in [0, 0.1) is 0 Å². The quantitative estimate of drug-likeness (QED) is 0.362. The topological polar surface area (TPSA) is 100 Å². The first-order valence-corrected chi connectivity index (χ1v) is 13.0. The van der Waals surface area contributed by atoms with Crippen LogP contribution in [0.4, 0.5) is 5.69 Å². The Bertz CT molecular complexity index is 1220. The molecule has 3 aromatic rings. The SMILES string of the molecule is CCC(=Cc1sc2ccccc2[n+]1CCCS(=O)(=O)O)C=C1Nc2ccccc2S1.[OH-]. The van der Waals surface area contributed by atoms with Gasteiger partial charge in [-0.3, -0.25) is 4.55 Å². The number of benzene rings is 2. The maximum absolute atomic E-state index is 11.1. The van der Waals surface area contributed by atoms with Crippen molar-refractivity contribution in [2.45, 2.75) is 31.2 Å². The molecule has 0 radical (unpaired) electrons. The van der Waals surface area contributed by atoms with Gasteiger partial charge in [0.05, 0.1) is 16.5 Å². The zero-order valence-electron chi connectivity index (χ0n) is 17.0. The van der Waals surface area contributed by atoms with Crippen molar-refractivity contribution in [2.75, 3.05) is 11.1 Å². The minimum absolute atomic E-state index is 0. The van der Waals surface area contributed by atoms with Gasteiger partial charge in [0.1, 0.15) is 4.70 Å². The van der Waals surface area contributed by atoms with Gasteiger partial charge in [0.2, 0.25) is 5.52 Å². The molecule has 1 aliphatic heterocycles. The van der Waals surface area contributed by atoms with E-state index in [0.717, 1.165) is 32.4 Å². The number of rotatable bonds is 7. The number of nitrogens with one attached hydrogen (secondary N) is 1. The van der Waals surface area contributed by atoms with Crippen molar-refractivity contribution in [3.05, 3.63) is 70.2 Å². The van der Waals surface area contributed by atoms with E-state index in [2.05, 4.69) is 47.2 Å². The Morgan fingerprint density at radius 3 is 2.65 bits per heavy atom. The summed E-state index contributed by atoms with van der Waals surface area (Å²) in [6.45, 7) is 2.66. The number of para-hydroxylation sites is 2. The summed E-state index contributed by atoms with van der Waals surface area (Å²) in [7, 11) is -3.96. The highest BCUT2D eigenvalue weighted by Crippen LogP contribution is 2.41. The third kappa shape index (κ3) is 5.75. The summed E-state index contributed by atoms with van der Waals surface area (Å²) in [6.07, 6.45) is 5.59. The van der Waals surface area contributed by atoms with E-state index in [1.807, 2.05) is 30.3 Å². The molecule has 3 N–H and O–H groups in total. The Labute approximate surface area is 190 Å². The molecule has 0 fully saturated rings. The van der Waals surface area contributed by atoms with E-state index in [-0.39, 0.29) is 11.2 Å². The summed E-state index contributed by atoms with van der Waals surface area (Å²) in [4.78, 5) is 1.22. The smallest absolute Gasteiger partial charge is 0.265 e. The second-order valence-electron chi connectivity index (χ2n) is 7.00. The third-order valence-corrected chi connectivity index (χ3v) is 7.75. The molecule has 0 bridgehead atoms. The lowest BCUT2D eigenvalue weighted by molar-refractivity contribution is -0.668. The summed E-state index contributed by atoms with van der Waals surface area (Å²) in [6, 6.07) is 16.4. The van der Waals surface area contributed by atoms with E-state index >= 15 is 0 Å². The summed E-state index contributed by atoms with van der Waals surface area (Å²) >= 11 is 3.42. The van der Waals surface area contributed by atoms with Crippen LogP contribution >= 0.6 is 23.1 Å². The van der Waals surface area contributed by atoms with Crippen LogP contribution in [0.15, 0.2) is 70.1 Å². The minimum atomic E-state index is -3.96. The van der Waals surface area contributed by atoms with Crippen LogP contribution < -0.4 is 9.88 Å². The summed E-state index contributed by atoms with van der Waals surface area (Å²) < 4.78 is 34.7. The zero-order valence-corrected chi connectivity index (χ0v) is 19.4. The Kier molecular flexibility index (Phi) is 7.55. The van der Waals surface area contributed by atoms with Crippen molar-refractivity contribution >= 4 is 55.2 Å². The van der Waals surface area contributed by atoms with Crippen LogP contribution in [0.2, 0.25) is 0 Å². The van der Waals surface area contributed by atoms with Gasteiger partial charge in [0.25, 0.3) is 15.1 Å².